The van der Waals surface area contributed by atoms with Crippen molar-refractivity contribution in [3.63, 3.8) is 0 Å². The van der Waals surface area contributed by atoms with Crippen LogP contribution in [0.15, 0.2) is 63.1 Å². The number of hydrogen-bond donors (Lipinski definition) is 1. The molecule has 3 aromatic rings. The van der Waals surface area contributed by atoms with Gasteiger partial charge in [-0.25, -0.2) is 17.7 Å². The minimum absolute atomic E-state index is 0.0995. The molecule has 0 aliphatic heterocycles. The minimum atomic E-state index is -3.60. The number of aryl methyl sites for hydroxylation is 1. The first-order valence-electron chi connectivity index (χ1n) is 8.61. The Morgan fingerprint density at radius 3 is 2.69 bits per heavy atom. The van der Waals surface area contributed by atoms with Crippen molar-refractivity contribution in [2.45, 2.75) is 22.6 Å². The molecule has 3 rings (SSSR count). The number of anilines is 1. The van der Waals surface area contributed by atoms with Crippen LogP contribution in [0, 0.1) is 6.92 Å². The van der Waals surface area contributed by atoms with Crippen LogP contribution < -0.4 is 5.32 Å². The summed E-state index contributed by atoms with van der Waals surface area (Å²) in [4.78, 5) is 17.2. The highest BCUT2D eigenvalue weighted by atomic mass is 32.2. The molecule has 0 fully saturated rings. The van der Waals surface area contributed by atoms with E-state index in [0.29, 0.717) is 27.8 Å². The molecule has 10 heteroatoms. The minimum Gasteiger partial charge on any atom is -0.361 e. The fourth-order valence-electron chi connectivity index (χ4n) is 2.45. The second-order valence-electron chi connectivity index (χ2n) is 6.34. The molecule has 0 atom stereocenters. The maximum absolute atomic E-state index is 12.8. The molecular weight excluding hydrogens is 412 g/mol. The molecule has 0 bridgehead atoms. The summed E-state index contributed by atoms with van der Waals surface area (Å²) >= 11 is 1.37. The second kappa shape index (κ2) is 8.76. The molecule has 0 aliphatic rings. The summed E-state index contributed by atoms with van der Waals surface area (Å²) in [5, 5.41) is 7.22. The Bertz CT molecular complexity index is 1130. The van der Waals surface area contributed by atoms with Gasteiger partial charge in [0.05, 0.1) is 16.2 Å². The van der Waals surface area contributed by atoms with Crippen molar-refractivity contribution in [1.82, 2.24) is 14.4 Å². The molecule has 0 spiro atoms. The molecule has 29 heavy (non-hydrogen) atoms. The largest absolute Gasteiger partial charge is 0.361 e. The summed E-state index contributed by atoms with van der Waals surface area (Å²) in [6.07, 6.45) is 1.61. The van der Waals surface area contributed by atoms with E-state index < -0.39 is 10.0 Å². The van der Waals surface area contributed by atoms with Crippen molar-refractivity contribution in [3.05, 3.63) is 65.7 Å². The van der Waals surface area contributed by atoms with Crippen LogP contribution in [-0.2, 0) is 15.8 Å². The van der Waals surface area contributed by atoms with Crippen molar-refractivity contribution in [3.8, 4) is 0 Å². The number of nitrogens with one attached hydrogen (secondary N) is 1. The van der Waals surface area contributed by atoms with Crippen molar-refractivity contribution in [2.75, 3.05) is 19.4 Å². The van der Waals surface area contributed by atoms with Gasteiger partial charge < -0.3 is 9.84 Å². The Labute approximate surface area is 173 Å². The van der Waals surface area contributed by atoms with E-state index in [1.165, 1.54) is 38.0 Å². The number of hydrogen-bond acceptors (Lipinski definition) is 7. The van der Waals surface area contributed by atoms with Gasteiger partial charge in [-0.15, -0.1) is 0 Å². The summed E-state index contributed by atoms with van der Waals surface area (Å²) < 4.78 is 30.8. The van der Waals surface area contributed by atoms with E-state index in [4.69, 9.17) is 4.52 Å². The zero-order valence-corrected chi connectivity index (χ0v) is 17.8. The van der Waals surface area contributed by atoms with Gasteiger partial charge in [-0.05, 0) is 37.3 Å². The molecule has 1 N–H and O–H groups in total. The Hall–Kier alpha value is -2.69. The molecule has 1 amide bonds. The molecule has 0 saturated carbocycles. The zero-order valence-electron chi connectivity index (χ0n) is 16.1. The van der Waals surface area contributed by atoms with Gasteiger partial charge in [0, 0.05) is 37.8 Å². The highest BCUT2D eigenvalue weighted by Crippen LogP contribution is 2.25. The van der Waals surface area contributed by atoms with Gasteiger partial charge in [-0.1, -0.05) is 23.0 Å². The van der Waals surface area contributed by atoms with Crippen LogP contribution in [0.5, 0.6) is 0 Å². The van der Waals surface area contributed by atoms with E-state index >= 15 is 0 Å². The third-order valence-corrected chi connectivity index (χ3v) is 6.77. The second-order valence-corrected chi connectivity index (χ2v) is 9.46. The quantitative estimate of drug-likeness (QED) is 0.572. The predicted octanol–water partition coefficient (Wildman–Crippen LogP) is 3.17. The van der Waals surface area contributed by atoms with Crippen molar-refractivity contribution in [1.29, 1.82) is 0 Å². The number of carbonyl (C=O) groups is 1. The van der Waals surface area contributed by atoms with E-state index in [0.717, 1.165) is 10.00 Å². The monoisotopic (exact) mass is 432 g/mol. The summed E-state index contributed by atoms with van der Waals surface area (Å²) in [6.45, 7) is 1.81. The van der Waals surface area contributed by atoms with Gasteiger partial charge in [0.25, 0.3) is 5.91 Å². The third-order valence-electron chi connectivity index (χ3n) is 3.92. The maximum Gasteiger partial charge on any atom is 0.258 e. The molecule has 2 heterocycles. The normalized spacial score (nSPS) is 11.6. The zero-order chi connectivity index (χ0) is 21.0. The smallest absolute Gasteiger partial charge is 0.258 e. The molecule has 0 saturated heterocycles. The lowest BCUT2D eigenvalue weighted by Gasteiger charge is -2.13. The van der Waals surface area contributed by atoms with Gasteiger partial charge in [0.15, 0.2) is 0 Å². The van der Waals surface area contributed by atoms with Crippen molar-refractivity contribution < 1.29 is 17.7 Å². The van der Waals surface area contributed by atoms with Gasteiger partial charge in [-0.3, -0.25) is 4.79 Å². The topological polar surface area (TPSA) is 105 Å². The fraction of sp³-hybridized carbons (Fsp3) is 0.211. The molecule has 0 unspecified atom stereocenters. The number of aromatic nitrogens is 2. The van der Waals surface area contributed by atoms with Gasteiger partial charge in [0.1, 0.15) is 10.8 Å². The number of thioether (sulfide) groups is 1. The number of benzene rings is 1. The molecule has 0 aliphatic carbocycles. The van der Waals surface area contributed by atoms with Crippen LogP contribution in [0.3, 0.4) is 0 Å². The van der Waals surface area contributed by atoms with Crippen LogP contribution in [0.25, 0.3) is 0 Å². The molecule has 2 aromatic heterocycles. The van der Waals surface area contributed by atoms with Crippen molar-refractivity contribution in [2.24, 2.45) is 0 Å². The fourth-order valence-corrected chi connectivity index (χ4v) is 4.27. The molecule has 1 aromatic carbocycles. The standard InChI is InChI=1S/C19H20N4O4S2/c1-13-10-15(22-27-13)12-28-19-17(8-5-9-20-19)18(24)21-14-6-4-7-16(11-14)29(25,26)23(2)3/h4-11H,12H2,1-3H3,(H,21,24). The lowest BCUT2D eigenvalue weighted by molar-refractivity contribution is 0.102. The highest BCUT2D eigenvalue weighted by molar-refractivity contribution is 7.98. The average Bonchev–Trinajstić information content (AvgIpc) is 3.12. The summed E-state index contributed by atoms with van der Waals surface area (Å²) in [7, 11) is -0.687. The Balaban J connectivity index is 1.78. The van der Waals surface area contributed by atoms with E-state index in [1.54, 1.807) is 30.5 Å². The first kappa shape index (κ1) is 21.0. The number of pyridine rings is 1. The molecule has 8 nitrogen and oxygen atoms in total. The van der Waals surface area contributed by atoms with E-state index in [2.05, 4.69) is 15.5 Å². The summed E-state index contributed by atoms with van der Waals surface area (Å²) in [5.41, 5.74) is 1.52. The van der Waals surface area contributed by atoms with Crippen LogP contribution in [0.1, 0.15) is 21.8 Å². The maximum atomic E-state index is 12.8. The SMILES string of the molecule is Cc1cc(CSc2ncccc2C(=O)Nc2cccc(S(=O)(=O)N(C)C)c2)no1. The van der Waals surface area contributed by atoms with Gasteiger partial charge in [0.2, 0.25) is 10.0 Å². The Kier molecular flexibility index (Phi) is 6.36. The van der Waals surface area contributed by atoms with E-state index in [1.807, 2.05) is 13.0 Å². The van der Waals surface area contributed by atoms with E-state index in [9.17, 15) is 13.2 Å². The Morgan fingerprint density at radius 1 is 1.21 bits per heavy atom. The summed E-state index contributed by atoms with van der Waals surface area (Å²) in [5.74, 6) is 0.842. The molecular formula is C19H20N4O4S2. The van der Waals surface area contributed by atoms with Crippen LogP contribution in [0.2, 0.25) is 0 Å². The first-order valence-corrected chi connectivity index (χ1v) is 11.0. The average molecular weight is 433 g/mol. The summed E-state index contributed by atoms with van der Waals surface area (Å²) in [6, 6.07) is 11.3. The Morgan fingerprint density at radius 2 is 2.00 bits per heavy atom. The molecule has 152 valence electrons. The number of nitrogens with zero attached hydrogens (tertiary/aromatic N) is 3. The van der Waals surface area contributed by atoms with E-state index in [-0.39, 0.29) is 10.8 Å². The number of amides is 1. The lowest BCUT2D eigenvalue weighted by Crippen LogP contribution is -2.22. The predicted molar refractivity (Wildman–Crippen MR) is 110 cm³/mol. The lowest BCUT2D eigenvalue weighted by atomic mass is 10.2. The highest BCUT2D eigenvalue weighted by Gasteiger charge is 2.19. The van der Waals surface area contributed by atoms with Gasteiger partial charge in [-0.2, -0.15) is 0 Å². The first-order chi connectivity index (χ1) is 13.8. The number of rotatable bonds is 7. The van der Waals surface area contributed by atoms with Crippen LogP contribution in [-0.4, -0.2) is 42.9 Å². The van der Waals surface area contributed by atoms with Crippen LogP contribution >= 0.6 is 11.8 Å². The third kappa shape index (κ3) is 5.03. The number of sulfonamides is 1. The van der Waals surface area contributed by atoms with Crippen LogP contribution in [0.4, 0.5) is 5.69 Å². The van der Waals surface area contributed by atoms with Gasteiger partial charge >= 0.3 is 0 Å². The van der Waals surface area contributed by atoms with Crippen molar-refractivity contribution >= 4 is 33.4 Å². The molecule has 0 radical (unpaired) electrons. The number of carbonyl (C=O) groups excluding carboxylic acids is 1.